The lowest BCUT2D eigenvalue weighted by molar-refractivity contribution is -0.274. The van der Waals surface area contributed by atoms with Crippen molar-refractivity contribution in [1.82, 2.24) is 4.98 Å². The number of halogens is 3. The maximum absolute atomic E-state index is 12.5. The summed E-state index contributed by atoms with van der Waals surface area (Å²) in [6.45, 7) is 4.03. The highest BCUT2D eigenvalue weighted by Gasteiger charge is 2.49. The number of hydrogen-bond acceptors (Lipinski definition) is 4. The molecule has 0 N–H and O–H groups in total. The van der Waals surface area contributed by atoms with Gasteiger partial charge in [-0.3, -0.25) is 19.4 Å². The van der Waals surface area contributed by atoms with Crippen LogP contribution in [-0.2, 0) is 9.59 Å². The molecular formula is C24H26F3N3O3. The molecule has 1 heterocycles. The van der Waals surface area contributed by atoms with Crippen molar-refractivity contribution in [3.05, 3.63) is 36.4 Å². The monoisotopic (exact) mass is 461 g/mol. The number of pyridine rings is 1. The second-order valence-corrected chi connectivity index (χ2v) is 8.75. The van der Waals surface area contributed by atoms with Crippen LogP contribution >= 0.6 is 0 Å². The van der Waals surface area contributed by atoms with Gasteiger partial charge in [0.1, 0.15) is 17.4 Å². The Labute approximate surface area is 190 Å². The van der Waals surface area contributed by atoms with Crippen LogP contribution in [0.5, 0.6) is 5.75 Å². The van der Waals surface area contributed by atoms with Gasteiger partial charge < -0.3 is 4.74 Å². The molecule has 2 aromatic rings. The molecular weight excluding hydrogens is 435 g/mol. The molecule has 1 aromatic heterocycles. The van der Waals surface area contributed by atoms with E-state index in [1.54, 1.807) is 21.9 Å². The average Bonchev–Trinajstić information content (AvgIpc) is 3.71. The lowest BCUT2D eigenvalue weighted by Crippen LogP contribution is -2.39. The summed E-state index contributed by atoms with van der Waals surface area (Å²) >= 11 is 0. The Kier molecular flexibility index (Phi) is 5.84. The van der Waals surface area contributed by atoms with Gasteiger partial charge in [0.05, 0.1) is 0 Å². The third-order valence-corrected chi connectivity index (χ3v) is 6.92. The minimum absolute atomic E-state index is 0.289. The third kappa shape index (κ3) is 4.54. The van der Waals surface area contributed by atoms with Crippen LogP contribution in [0.2, 0.25) is 0 Å². The smallest absolute Gasteiger partial charge is 0.406 e. The Hall–Kier alpha value is -3.10. The molecule has 0 unspecified atom stereocenters. The molecule has 9 heteroatoms. The standard InChI is InChI=1S/C24H26F3N3O3/c1-3-22(9-10-22)29(15-31)20-13-18(17-5-7-19(8-6-17)33-24(25,26)27)14-21(28-20)30(16-32)23(4-2)11-12-23/h5-8,13-16H,3-4,9-12H2,1-2H3. The van der Waals surface area contributed by atoms with Crippen molar-refractivity contribution in [2.45, 2.75) is 69.8 Å². The number of nitrogens with zero attached hydrogens (tertiary/aromatic N) is 3. The first-order valence-corrected chi connectivity index (χ1v) is 11.1. The number of hydrogen-bond donors (Lipinski definition) is 0. The van der Waals surface area contributed by atoms with Crippen LogP contribution in [0.1, 0.15) is 52.4 Å². The average molecular weight is 461 g/mol. The van der Waals surface area contributed by atoms with Crippen LogP contribution < -0.4 is 14.5 Å². The molecule has 0 atom stereocenters. The summed E-state index contributed by atoms with van der Waals surface area (Å²) in [4.78, 5) is 32.1. The van der Waals surface area contributed by atoms with Gasteiger partial charge in [-0.05, 0) is 73.9 Å². The van der Waals surface area contributed by atoms with Crippen molar-refractivity contribution in [1.29, 1.82) is 0 Å². The predicted molar refractivity (Wildman–Crippen MR) is 118 cm³/mol. The molecule has 2 aliphatic rings. The van der Waals surface area contributed by atoms with E-state index in [1.807, 2.05) is 13.8 Å². The first-order valence-electron chi connectivity index (χ1n) is 11.1. The molecule has 2 amide bonds. The van der Waals surface area contributed by atoms with E-state index in [-0.39, 0.29) is 16.8 Å². The third-order valence-electron chi connectivity index (χ3n) is 6.92. The number of carbonyl (C=O) groups excluding carboxylic acids is 2. The van der Waals surface area contributed by atoms with Crippen molar-refractivity contribution >= 4 is 24.5 Å². The van der Waals surface area contributed by atoms with Gasteiger partial charge in [-0.2, -0.15) is 0 Å². The molecule has 1 aromatic carbocycles. The van der Waals surface area contributed by atoms with Gasteiger partial charge in [0, 0.05) is 11.1 Å². The van der Waals surface area contributed by atoms with Gasteiger partial charge in [0.2, 0.25) is 12.8 Å². The summed E-state index contributed by atoms with van der Waals surface area (Å²) in [6, 6.07) is 8.98. The molecule has 0 bridgehead atoms. The number of carbonyl (C=O) groups is 2. The van der Waals surface area contributed by atoms with E-state index < -0.39 is 6.36 Å². The van der Waals surface area contributed by atoms with Gasteiger partial charge >= 0.3 is 6.36 Å². The molecule has 0 radical (unpaired) electrons. The SMILES string of the molecule is CCC1(N(C=O)c2cc(-c3ccc(OC(F)(F)F)cc3)cc(N(C=O)C3(CC)CC3)n2)CC1. The number of ether oxygens (including phenoxy) is 1. The zero-order valence-corrected chi connectivity index (χ0v) is 18.6. The second kappa shape index (κ2) is 8.35. The minimum Gasteiger partial charge on any atom is -0.406 e. The number of alkyl halides is 3. The van der Waals surface area contributed by atoms with E-state index in [4.69, 9.17) is 4.98 Å². The summed E-state index contributed by atoms with van der Waals surface area (Å²) in [5.74, 6) is 0.521. The minimum atomic E-state index is -4.77. The summed E-state index contributed by atoms with van der Waals surface area (Å²) in [5.41, 5.74) is 0.687. The first-order chi connectivity index (χ1) is 15.7. The highest BCUT2D eigenvalue weighted by Crippen LogP contribution is 2.48. The van der Waals surface area contributed by atoms with Crippen LogP contribution in [0.25, 0.3) is 11.1 Å². The zero-order valence-electron chi connectivity index (χ0n) is 18.6. The van der Waals surface area contributed by atoms with E-state index >= 15 is 0 Å². The van der Waals surface area contributed by atoms with Crippen molar-refractivity contribution in [2.75, 3.05) is 9.80 Å². The van der Waals surface area contributed by atoms with Crippen LogP contribution in [0, 0.1) is 0 Å². The van der Waals surface area contributed by atoms with Gasteiger partial charge in [-0.25, -0.2) is 4.98 Å². The second-order valence-electron chi connectivity index (χ2n) is 8.75. The summed E-state index contributed by atoms with van der Waals surface area (Å²) in [6.07, 6.45) is 1.76. The topological polar surface area (TPSA) is 62.7 Å². The number of aromatic nitrogens is 1. The van der Waals surface area contributed by atoms with Gasteiger partial charge in [-0.1, -0.05) is 26.0 Å². The van der Waals surface area contributed by atoms with E-state index in [9.17, 15) is 22.8 Å². The number of benzene rings is 1. The van der Waals surface area contributed by atoms with Crippen molar-refractivity contribution in [3.63, 3.8) is 0 Å². The normalized spacial score (nSPS) is 17.7. The van der Waals surface area contributed by atoms with Crippen LogP contribution in [0.3, 0.4) is 0 Å². The highest BCUT2D eigenvalue weighted by atomic mass is 19.4. The fraction of sp³-hybridized carbons (Fsp3) is 0.458. The Morgan fingerprint density at radius 3 is 1.67 bits per heavy atom. The maximum Gasteiger partial charge on any atom is 0.573 e. The molecule has 2 fully saturated rings. The molecule has 2 aliphatic carbocycles. The van der Waals surface area contributed by atoms with Crippen LogP contribution in [0.4, 0.5) is 24.8 Å². The van der Waals surface area contributed by atoms with Crippen LogP contribution in [-0.4, -0.2) is 35.2 Å². The fourth-order valence-electron chi connectivity index (χ4n) is 4.40. The van der Waals surface area contributed by atoms with E-state index in [0.29, 0.717) is 22.8 Å². The molecule has 4 rings (SSSR count). The lowest BCUT2D eigenvalue weighted by atomic mass is 10.0. The number of anilines is 2. The maximum atomic E-state index is 12.5. The van der Waals surface area contributed by atoms with Crippen molar-refractivity contribution < 1.29 is 27.5 Å². The number of rotatable bonds is 10. The summed E-state index contributed by atoms with van der Waals surface area (Å²) < 4.78 is 41.5. The zero-order chi connectivity index (χ0) is 23.9. The molecule has 33 heavy (non-hydrogen) atoms. The largest absolute Gasteiger partial charge is 0.573 e. The Morgan fingerprint density at radius 1 is 0.879 bits per heavy atom. The Morgan fingerprint density at radius 2 is 1.33 bits per heavy atom. The van der Waals surface area contributed by atoms with Crippen molar-refractivity contribution in [3.8, 4) is 16.9 Å². The fourth-order valence-corrected chi connectivity index (χ4v) is 4.40. The summed E-state index contributed by atoms with van der Waals surface area (Å²) in [7, 11) is 0. The molecule has 0 spiro atoms. The highest BCUT2D eigenvalue weighted by molar-refractivity contribution is 5.84. The molecule has 2 saturated carbocycles. The van der Waals surface area contributed by atoms with E-state index in [2.05, 4.69) is 4.74 Å². The Bertz CT molecular complexity index is 981. The van der Waals surface area contributed by atoms with Crippen molar-refractivity contribution in [2.24, 2.45) is 0 Å². The molecule has 6 nitrogen and oxygen atoms in total. The summed E-state index contributed by atoms with van der Waals surface area (Å²) in [5, 5.41) is 0. The molecule has 176 valence electrons. The first kappa shape index (κ1) is 23.1. The quantitative estimate of drug-likeness (QED) is 0.441. The van der Waals surface area contributed by atoms with Gasteiger partial charge in [-0.15, -0.1) is 13.2 Å². The molecule has 0 saturated heterocycles. The van der Waals surface area contributed by atoms with E-state index in [1.165, 1.54) is 24.3 Å². The van der Waals surface area contributed by atoms with Gasteiger partial charge in [0.15, 0.2) is 0 Å². The molecule has 0 aliphatic heterocycles. The lowest BCUT2D eigenvalue weighted by Gasteiger charge is -2.30. The predicted octanol–water partition coefficient (Wildman–Crippen LogP) is 5.46. The van der Waals surface area contributed by atoms with E-state index in [0.717, 1.165) is 51.3 Å². The Balaban J connectivity index is 1.78. The van der Waals surface area contributed by atoms with Crippen LogP contribution in [0.15, 0.2) is 36.4 Å². The van der Waals surface area contributed by atoms with Gasteiger partial charge in [0.25, 0.3) is 0 Å². The number of amides is 2.